The SMILES string of the molecule is COC(=O)[C@H]1[C@@H]2C[C@@H]3CC[C@H]1N3C/C2=C\c1ccc(-c2ccc(C#N)cc2)cc1. The van der Waals surface area contributed by atoms with Crippen molar-refractivity contribution in [3.63, 3.8) is 0 Å². The predicted molar refractivity (Wildman–Crippen MR) is 112 cm³/mol. The van der Waals surface area contributed by atoms with E-state index in [4.69, 9.17) is 10.00 Å². The molecule has 2 aromatic carbocycles. The molecule has 4 heterocycles. The largest absolute Gasteiger partial charge is 0.469 e. The van der Waals surface area contributed by atoms with Crippen molar-refractivity contribution >= 4 is 12.0 Å². The molecule has 1 unspecified atom stereocenters. The van der Waals surface area contributed by atoms with Crippen LogP contribution < -0.4 is 0 Å². The highest BCUT2D eigenvalue weighted by Gasteiger charge is 2.55. The fourth-order valence-electron chi connectivity index (χ4n) is 5.60. The van der Waals surface area contributed by atoms with Crippen molar-refractivity contribution in [3.05, 3.63) is 65.2 Å². The molecule has 0 amide bonds. The van der Waals surface area contributed by atoms with Crippen molar-refractivity contribution in [1.82, 2.24) is 4.90 Å². The quantitative estimate of drug-likeness (QED) is 0.742. The second-order valence-electron chi connectivity index (χ2n) is 8.39. The van der Waals surface area contributed by atoms with Crippen LogP contribution in [0.15, 0.2) is 54.1 Å². The van der Waals surface area contributed by atoms with Gasteiger partial charge in [-0.15, -0.1) is 0 Å². The lowest BCUT2D eigenvalue weighted by atomic mass is 9.71. The zero-order valence-electron chi connectivity index (χ0n) is 16.5. The normalized spacial score (nSPS) is 30.9. The van der Waals surface area contributed by atoms with Crippen LogP contribution in [0.25, 0.3) is 17.2 Å². The molecule has 4 nitrogen and oxygen atoms in total. The standard InChI is InChI=1S/C25H24N2O2/c1-29-25(28)24-22-13-21-10-11-23(24)27(21)15-20(22)12-16-2-6-18(7-3-16)19-8-4-17(14-26)5-9-19/h2-9,12,21-24H,10-11,13,15H2,1H3/b20-12+/t21-,22+,23+,24-/m0/s1. The van der Waals surface area contributed by atoms with Crippen molar-refractivity contribution in [2.75, 3.05) is 13.7 Å². The summed E-state index contributed by atoms with van der Waals surface area (Å²) in [5, 5.41) is 8.95. The van der Waals surface area contributed by atoms with Gasteiger partial charge in [0.2, 0.25) is 0 Å². The van der Waals surface area contributed by atoms with Crippen LogP contribution in [0.5, 0.6) is 0 Å². The molecule has 146 valence electrons. The maximum Gasteiger partial charge on any atom is 0.310 e. The Balaban J connectivity index is 1.40. The number of rotatable bonds is 3. The number of piperidine rings is 3. The maximum absolute atomic E-state index is 12.5. The van der Waals surface area contributed by atoms with Gasteiger partial charge < -0.3 is 4.74 Å². The van der Waals surface area contributed by atoms with Gasteiger partial charge in [0.1, 0.15) is 0 Å². The molecule has 0 aromatic heterocycles. The first-order valence-electron chi connectivity index (χ1n) is 10.3. The monoisotopic (exact) mass is 384 g/mol. The van der Waals surface area contributed by atoms with Crippen molar-refractivity contribution in [2.24, 2.45) is 11.8 Å². The number of nitriles is 1. The number of hydrogen-bond donors (Lipinski definition) is 0. The second-order valence-corrected chi connectivity index (χ2v) is 8.39. The smallest absolute Gasteiger partial charge is 0.310 e. The van der Waals surface area contributed by atoms with E-state index in [0.29, 0.717) is 23.6 Å². The van der Waals surface area contributed by atoms with Gasteiger partial charge in [-0.3, -0.25) is 9.69 Å². The van der Waals surface area contributed by atoms with E-state index in [1.807, 2.05) is 24.3 Å². The van der Waals surface area contributed by atoms with Crippen LogP contribution in [-0.2, 0) is 9.53 Å². The Labute approximate surface area is 171 Å². The zero-order valence-corrected chi connectivity index (χ0v) is 16.5. The third-order valence-electron chi connectivity index (χ3n) is 6.99. The lowest BCUT2D eigenvalue weighted by molar-refractivity contribution is -0.153. The number of nitrogens with zero attached hydrogens (tertiary/aromatic N) is 2. The highest BCUT2D eigenvalue weighted by atomic mass is 16.5. The third kappa shape index (κ3) is 3.07. The summed E-state index contributed by atoms with van der Waals surface area (Å²) in [7, 11) is 1.51. The van der Waals surface area contributed by atoms with Gasteiger partial charge in [-0.05, 0) is 54.0 Å². The lowest BCUT2D eigenvalue weighted by Crippen LogP contribution is -2.58. The summed E-state index contributed by atoms with van der Waals surface area (Å²) in [6.07, 6.45) is 5.67. The molecule has 4 heteroatoms. The Morgan fingerprint density at radius 2 is 1.79 bits per heavy atom. The average molecular weight is 384 g/mol. The summed E-state index contributed by atoms with van der Waals surface area (Å²) < 4.78 is 5.16. The van der Waals surface area contributed by atoms with E-state index < -0.39 is 0 Å². The number of benzene rings is 2. The zero-order chi connectivity index (χ0) is 20.0. The van der Waals surface area contributed by atoms with Gasteiger partial charge in [0.05, 0.1) is 24.7 Å². The van der Waals surface area contributed by atoms with E-state index in [2.05, 4.69) is 41.3 Å². The van der Waals surface area contributed by atoms with E-state index in [1.165, 1.54) is 24.7 Å². The summed E-state index contributed by atoms with van der Waals surface area (Å²) in [5.41, 5.74) is 5.44. The fourth-order valence-corrected chi connectivity index (χ4v) is 5.60. The highest BCUT2D eigenvalue weighted by molar-refractivity contribution is 5.76. The summed E-state index contributed by atoms with van der Waals surface area (Å²) in [4.78, 5) is 15.0. The third-order valence-corrected chi connectivity index (χ3v) is 6.99. The first-order chi connectivity index (χ1) is 14.2. The number of methoxy groups -OCH3 is 1. The Bertz CT molecular complexity index is 1000. The Hall–Kier alpha value is -2.90. The molecule has 4 aliphatic rings. The van der Waals surface area contributed by atoms with Crippen LogP contribution in [-0.4, -0.2) is 36.6 Å². The molecule has 0 spiro atoms. The van der Waals surface area contributed by atoms with Gasteiger partial charge in [-0.25, -0.2) is 0 Å². The van der Waals surface area contributed by atoms with Gasteiger partial charge in [0.15, 0.2) is 0 Å². The maximum atomic E-state index is 12.5. The van der Waals surface area contributed by atoms with E-state index in [0.717, 1.165) is 30.5 Å². The molecule has 0 radical (unpaired) electrons. The Kier molecular flexibility index (Phi) is 4.49. The number of fused-ring (bicyclic) bond motifs is 1. The summed E-state index contributed by atoms with van der Waals surface area (Å²) in [6, 6.07) is 19.3. The van der Waals surface area contributed by atoms with Gasteiger partial charge >= 0.3 is 5.97 Å². The molecule has 4 aliphatic heterocycles. The summed E-state index contributed by atoms with van der Waals surface area (Å²) >= 11 is 0. The molecule has 4 saturated heterocycles. The first-order valence-corrected chi connectivity index (χ1v) is 10.3. The topological polar surface area (TPSA) is 53.3 Å². The lowest BCUT2D eigenvalue weighted by Gasteiger charge is -2.50. The summed E-state index contributed by atoms with van der Waals surface area (Å²) in [6.45, 7) is 0.977. The molecule has 0 saturated carbocycles. The average Bonchev–Trinajstić information content (AvgIpc) is 3.08. The van der Waals surface area contributed by atoms with Crippen molar-refractivity contribution in [2.45, 2.75) is 31.3 Å². The molecule has 0 N–H and O–H groups in total. The van der Waals surface area contributed by atoms with E-state index in [1.54, 1.807) is 0 Å². The van der Waals surface area contributed by atoms with Crippen LogP contribution in [0.2, 0.25) is 0 Å². The van der Waals surface area contributed by atoms with Gasteiger partial charge in [-0.1, -0.05) is 48.0 Å². The molecule has 4 bridgehead atoms. The van der Waals surface area contributed by atoms with Crippen molar-refractivity contribution in [1.29, 1.82) is 5.26 Å². The Morgan fingerprint density at radius 1 is 1.10 bits per heavy atom. The van der Waals surface area contributed by atoms with Crippen molar-refractivity contribution < 1.29 is 9.53 Å². The fraction of sp³-hybridized carbons (Fsp3) is 0.360. The minimum atomic E-state index is -0.0490. The van der Waals surface area contributed by atoms with Crippen LogP contribution >= 0.6 is 0 Å². The number of carbonyl (C=O) groups is 1. The van der Waals surface area contributed by atoms with Crippen LogP contribution in [0.1, 0.15) is 30.4 Å². The highest BCUT2D eigenvalue weighted by Crippen LogP contribution is 2.50. The molecular weight excluding hydrogens is 360 g/mol. The van der Waals surface area contributed by atoms with Gasteiger partial charge in [0, 0.05) is 18.6 Å². The Morgan fingerprint density at radius 3 is 2.45 bits per heavy atom. The second kappa shape index (κ2) is 7.17. The number of hydrogen-bond acceptors (Lipinski definition) is 4. The molecule has 5 atom stereocenters. The molecule has 4 fully saturated rings. The van der Waals surface area contributed by atoms with Crippen LogP contribution in [0.3, 0.4) is 0 Å². The van der Waals surface area contributed by atoms with Crippen LogP contribution in [0, 0.1) is 23.2 Å². The minimum Gasteiger partial charge on any atom is -0.469 e. The van der Waals surface area contributed by atoms with Crippen LogP contribution in [0.4, 0.5) is 0 Å². The molecule has 0 aliphatic carbocycles. The first kappa shape index (κ1) is 18.1. The van der Waals surface area contributed by atoms with E-state index >= 15 is 0 Å². The number of ether oxygens (including phenoxy) is 1. The predicted octanol–water partition coefficient (Wildman–Crippen LogP) is 4.26. The van der Waals surface area contributed by atoms with Crippen molar-refractivity contribution in [3.8, 4) is 17.2 Å². The molecule has 6 rings (SSSR count). The number of esters is 1. The van der Waals surface area contributed by atoms with Gasteiger partial charge in [0.25, 0.3) is 0 Å². The van der Waals surface area contributed by atoms with E-state index in [-0.39, 0.29) is 11.9 Å². The molecule has 2 aromatic rings. The molecule has 29 heavy (non-hydrogen) atoms. The number of carbonyl (C=O) groups excluding carboxylic acids is 1. The summed E-state index contributed by atoms with van der Waals surface area (Å²) in [5.74, 6) is 0.243. The van der Waals surface area contributed by atoms with Gasteiger partial charge in [-0.2, -0.15) is 5.26 Å². The molecular formula is C25H24N2O2. The van der Waals surface area contributed by atoms with E-state index in [9.17, 15) is 4.79 Å². The minimum absolute atomic E-state index is 0.0170.